The number of halogens is 2. The summed E-state index contributed by atoms with van der Waals surface area (Å²) < 4.78 is 5.27. The van der Waals surface area contributed by atoms with Crippen LogP contribution >= 0.6 is 24.0 Å². The van der Waals surface area contributed by atoms with Crippen LogP contribution in [-0.4, -0.2) is 38.1 Å². The minimum absolute atomic E-state index is 0. The average molecular weight is 376 g/mol. The van der Waals surface area contributed by atoms with Gasteiger partial charge in [-0.15, -0.1) is 12.4 Å². The van der Waals surface area contributed by atoms with Gasteiger partial charge in [-0.05, 0) is 37.5 Å². The second-order valence-corrected chi connectivity index (χ2v) is 6.22. The maximum Gasteiger partial charge on any atom is 0.243 e. The monoisotopic (exact) mass is 375 g/mol. The van der Waals surface area contributed by atoms with E-state index in [4.69, 9.17) is 22.1 Å². The third-order valence-corrected chi connectivity index (χ3v) is 4.44. The van der Waals surface area contributed by atoms with Gasteiger partial charge in [0.25, 0.3) is 0 Å². The number of nitrogens with two attached hydrogens (primary N) is 1. The quantitative estimate of drug-likeness (QED) is 0.732. The Balaban J connectivity index is 0.00000288. The van der Waals surface area contributed by atoms with Gasteiger partial charge in [-0.3, -0.25) is 9.59 Å². The molecule has 6 nitrogen and oxygen atoms in total. The maximum absolute atomic E-state index is 12.4. The summed E-state index contributed by atoms with van der Waals surface area (Å²) >= 11 is 6.07. The van der Waals surface area contributed by atoms with Gasteiger partial charge in [0, 0.05) is 19.8 Å². The standard InChI is InChI=1S/C16H22ClN3O3.ClH/c1-11-2-3-13(12(17)8-11)20-14(21)9-19-15(22)16(10-18)4-6-23-7-5-16;/h2-3,8H,4-7,9-10,18H2,1H3,(H,19,22)(H,20,21);1H. The van der Waals surface area contributed by atoms with Gasteiger partial charge < -0.3 is 21.1 Å². The molecule has 0 radical (unpaired) electrons. The lowest BCUT2D eigenvalue weighted by atomic mass is 9.79. The Labute approximate surface area is 152 Å². The Kier molecular flexibility index (Phi) is 7.96. The molecule has 4 N–H and O–H groups in total. The third kappa shape index (κ3) is 5.08. The fraction of sp³-hybridized carbons (Fsp3) is 0.500. The van der Waals surface area contributed by atoms with Gasteiger partial charge in [-0.1, -0.05) is 17.7 Å². The summed E-state index contributed by atoms with van der Waals surface area (Å²) in [5.74, 6) is -0.531. The number of carbonyl (C=O) groups is 2. The van der Waals surface area contributed by atoms with Crippen molar-refractivity contribution in [2.24, 2.45) is 11.1 Å². The molecule has 1 aliphatic rings. The molecule has 24 heavy (non-hydrogen) atoms. The maximum atomic E-state index is 12.4. The fourth-order valence-electron chi connectivity index (χ4n) is 2.55. The summed E-state index contributed by atoms with van der Waals surface area (Å²) in [6, 6.07) is 5.35. The zero-order chi connectivity index (χ0) is 16.9. The first-order chi connectivity index (χ1) is 11.0. The zero-order valence-electron chi connectivity index (χ0n) is 13.6. The van der Waals surface area contributed by atoms with Gasteiger partial charge in [-0.25, -0.2) is 0 Å². The van der Waals surface area contributed by atoms with E-state index in [-0.39, 0.29) is 37.3 Å². The number of hydrogen-bond acceptors (Lipinski definition) is 4. The molecule has 0 aliphatic carbocycles. The third-order valence-electron chi connectivity index (χ3n) is 4.13. The van der Waals surface area contributed by atoms with Crippen LogP contribution in [0.4, 0.5) is 5.69 Å². The van der Waals surface area contributed by atoms with Crippen molar-refractivity contribution in [1.82, 2.24) is 5.32 Å². The van der Waals surface area contributed by atoms with Crippen LogP contribution in [0.2, 0.25) is 5.02 Å². The lowest BCUT2D eigenvalue weighted by Crippen LogP contribution is -2.50. The predicted molar refractivity (Wildman–Crippen MR) is 96.6 cm³/mol. The molecule has 1 fully saturated rings. The molecule has 2 rings (SSSR count). The highest BCUT2D eigenvalue weighted by molar-refractivity contribution is 6.33. The molecule has 1 aromatic rings. The zero-order valence-corrected chi connectivity index (χ0v) is 15.1. The number of carbonyl (C=O) groups excluding carboxylic acids is 2. The molecule has 0 saturated carbocycles. The summed E-state index contributed by atoms with van der Waals surface area (Å²) in [7, 11) is 0. The number of anilines is 1. The molecule has 1 aromatic carbocycles. The number of aryl methyl sites for hydroxylation is 1. The fourth-order valence-corrected chi connectivity index (χ4v) is 2.83. The predicted octanol–water partition coefficient (Wildman–Crippen LogP) is 1.88. The van der Waals surface area contributed by atoms with Crippen molar-refractivity contribution in [2.75, 3.05) is 31.6 Å². The number of nitrogens with one attached hydrogen (secondary N) is 2. The van der Waals surface area contributed by atoms with E-state index in [0.29, 0.717) is 36.8 Å². The summed E-state index contributed by atoms with van der Waals surface area (Å²) in [4.78, 5) is 24.4. The van der Waals surface area contributed by atoms with Gasteiger partial charge in [0.1, 0.15) is 0 Å². The van der Waals surface area contributed by atoms with Crippen molar-refractivity contribution >= 4 is 41.5 Å². The minimum Gasteiger partial charge on any atom is -0.381 e. The van der Waals surface area contributed by atoms with E-state index >= 15 is 0 Å². The van der Waals surface area contributed by atoms with Gasteiger partial charge in [0.05, 0.1) is 22.7 Å². The number of benzene rings is 1. The van der Waals surface area contributed by atoms with Crippen LogP contribution in [0.3, 0.4) is 0 Å². The average Bonchev–Trinajstić information content (AvgIpc) is 2.55. The largest absolute Gasteiger partial charge is 0.381 e. The highest BCUT2D eigenvalue weighted by Gasteiger charge is 2.38. The van der Waals surface area contributed by atoms with Crippen molar-refractivity contribution in [3.05, 3.63) is 28.8 Å². The molecule has 0 aromatic heterocycles. The van der Waals surface area contributed by atoms with E-state index in [9.17, 15) is 9.59 Å². The van der Waals surface area contributed by atoms with Crippen LogP contribution in [0.5, 0.6) is 0 Å². The molecule has 0 spiro atoms. The highest BCUT2D eigenvalue weighted by Crippen LogP contribution is 2.29. The molecule has 1 heterocycles. The van der Waals surface area contributed by atoms with Gasteiger partial charge >= 0.3 is 0 Å². The van der Waals surface area contributed by atoms with E-state index in [2.05, 4.69) is 10.6 Å². The molecular weight excluding hydrogens is 353 g/mol. The molecule has 0 unspecified atom stereocenters. The van der Waals surface area contributed by atoms with Crippen molar-refractivity contribution in [1.29, 1.82) is 0 Å². The summed E-state index contributed by atoms with van der Waals surface area (Å²) in [5.41, 5.74) is 6.66. The normalized spacial score (nSPS) is 16.0. The second kappa shape index (κ2) is 9.22. The minimum atomic E-state index is -0.639. The summed E-state index contributed by atoms with van der Waals surface area (Å²) in [5, 5.41) is 5.82. The van der Waals surface area contributed by atoms with Crippen LogP contribution in [0.25, 0.3) is 0 Å². The van der Waals surface area contributed by atoms with Crippen LogP contribution in [0, 0.1) is 12.3 Å². The molecule has 8 heteroatoms. The van der Waals surface area contributed by atoms with Crippen molar-refractivity contribution < 1.29 is 14.3 Å². The lowest BCUT2D eigenvalue weighted by molar-refractivity contribution is -0.137. The number of ether oxygens (including phenoxy) is 1. The molecule has 134 valence electrons. The van der Waals surface area contributed by atoms with Crippen LogP contribution < -0.4 is 16.4 Å². The lowest BCUT2D eigenvalue weighted by Gasteiger charge is -2.34. The SMILES string of the molecule is Cc1ccc(NC(=O)CNC(=O)C2(CN)CCOCC2)c(Cl)c1.Cl. The Hall–Kier alpha value is -1.34. The Morgan fingerprint density at radius 3 is 2.58 bits per heavy atom. The molecule has 0 bridgehead atoms. The van der Waals surface area contributed by atoms with E-state index in [0.717, 1.165) is 5.56 Å². The molecule has 1 saturated heterocycles. The number of amides is 2. The van der Waals surface area contributed by atoms with E-state index in [1.165, 1.54) is 0 Å². The molecule has 2 amide bonds. The molecule has 0 atom stereocenters. The van der Waals surface area contributed by atoms with Gasteiger partial charge in [0.15, 0.2) is 0 Å². The second-order valence-electron chi connectivity index (χ2n) is 5.81. The van der Waals surface area contributed by atoms with E-state index in [1.807, 2.05) is 13.0 Å². The number of rotatable bonds is 5. The topological polar surface area (TPSA) is 93.5 Å². The molecular formula is C16H23Cl2N3O3. The van der Waals surface area contributed by atoms with Crippen LogP contribution in [0.15, 0.2) is 18.2 Å². The summed E-state index contributed by atoms with van der Waals surface area (Å²) in [6.07, 6.45) is 1.14. The highest BCUT2D eigenvalue weighted by atomic mass is 35.5. The Morgan fingerprint density at radius 1 is 1.33 bits per heavy atom. The first-order valence-electron chi connectivity index (χ1n) is 7.59. The first-order valence-corrected chi connectivity index (χ1v) is 7.97. The molecule has 1 aliphatic heterocycles. The first kappa shape index (κ1) is 20.7. The number of hydrogen-bond donors (Lipinski definition) is 3. The Morgan fingerprint density at radius 2 is 2.00 bits per heavy atom. The van der Waals surface area contributed by atoms with Gasteiger partial charge in [0.2, 0.25) is 11.8 Å². The van der Waals surface area contributed by atoms with Crippen LogP contribution in [0.1, 0.15) is 18.4 Å². The van der Waals surface area contributed by atoms with Gasteiger partial charge in [-0.2, -0.15) is 0 Å². The van der Waals surface area contributed by atoms with Crippen LogP contribution in [-0.2, 0) is 14.3 Å². The van der Waals surface area contributed by atoms with Crippen molar-refractivity contribution in [3.8, 4) is 0 Å². The van der Waals surface area contributed by atoms with Crippen molar-refractivity contribution in [3.63, 3.8) is 0 Å². The van der Waals surface area contributed by atoms with E-state index < -0.39 is 5.41 Å². The van der Waals surface area contributed by atoms with E-state index in [1.54, 1.807) is 12.1 Å². The van der Waals surface area contributed by atoms with Crippen molar-refractivity contribution in [2.45, 2.75) is 19.8 Å². The Bertz CT molecular complexity index is 590. The summed E-state index contributed by atoms with van der Waals surface area (Å²) in [6.45, 7) is 3.06. The smallest absolute Gasteiger partial charge is 0.243 e.